The molecule has 0 radical (unpaired) electrons. The molecule has 5 nitrogen and oxygen atoms in total. The molecule has 0 unspecified atom stereocenters. The van der Waals surface area contributed by atoms with Crippen molar-refractivity contribution in [2.75, 3.05) is 25.9 Å². The van der Waals surface area contributed by atoms with E-state index in [-0.39, 0.29) is 12.6 Å². The van der Waals surface area contributed by atoms with Crippen molar-refractivity contribution in [1.82, 2.24) is 10.2 Å². The van der Waals surface area contributed by atoms with Crippen LogP contribution in [0.4, 0.5) is 4.79 Å². The smallest absolute Gasteiger partial charge is 0.317 e. The van der Waals surface area contributed by atoms with Gasteiger partial charge >= 0.3 is 6.03 Å². The highest BCUT2D eigenvalue weighted by atomic mass is 32.2. The first-order chi connectivity index (χ1) is 7.49. The number of urea groups is 1. The van der Waals surface area contributed by atoms with Gasteiger partial charge in [0.15, 0.2) is 9.84 Å². The predicted molar refractivity (Wildman–Crippen MR) is 62.8 cm³/mol. The number of likely N-dealkylation sites (tertiary alicyclic amines) is 1. The lowest BCUT2D eigenvalue weighted by Gasteiger charge is -2.26. The molecule has 1 aliphatic heterocycles. The van der Waals surface area contributed by atoms with Gasteiger partial charge in [-0.15, -0.1) is 0 Å². The quantitative estimate of drug-likeness (QED) is 0.798. The number of hydrogen-bond donors (Lipinski definition) is 1. The molecule has 0 spiro atoms. The van der Waals surface area contributed by atoms with Gasteiger partial charge in [0, 0.05) is 31.3 Å². The lowest BCUT2D eigenvalue weighted by molar-refractivity contribution is 0.187. The van der Waals surface area contributed by atoms with E-state index < -0.39 is 9.84 Å². The van der Waals surface area contributed by atoms with Crippen LogP contribution in [0.5, 0.6) is 0 Å². The van der Waals surface area contributed by atoms with Crippen LogP contribution in [0.2, 0.25) is 0 Å². The van der Waals surface area contributed by atoms with Crippen LogP contribution in [0, 0.1) is 0 Å². The van der Waals surface area contributed by atoms with E-state index in [0.29, 0.717) is 0 Å². The summed E-state index contributed by atoms with van der Waals surface area (Å²) >= 11 is 0. The SMILES string of the molecule is CS(=O)(=O)/C=C/CNC(=O)N1CCCCC1. The Kier molecular flexibility index (Phi) is 4.79. The zero-order valence-electron chi connectivity index (χ0n) is 9.48. The van der Waals surface area contributed by atoms with Crippen LogP contribution in [0.1, 0.15) is 19.3 Å². The van der Waals surface area contributed by atoms with Crippen LogP contribution < -0.4 is 5.32 Å². The van der Waals surface area contributed by atoms with Gasteiger partial charge < -0.3 is 10.2 Å². The van der Waals surface area contributed by atoms with E-state index in [9.17, 15) is 13.2 Å². The fraction of sp³-hybridized carbons (Fsp3) is 0.700. The number of nitrogens with zero attached hydrogens (tertiary/aromatic N) is 1. The van der Waals surface area contributed by atoms with E-state index in [1.807, 2.05) is 0 Å². The van der Waals surface area contributed by atoms with E-state index in [1.165, 1.54) is 12.5 Å². The molecule has 1 fully saturated rings. The van der Waals surface area contributed by atoms with Crippen LogP contribution in [-0.4, -0.2) is 45.2 Å². The first-order valence-corrected chi connectivity index (χ1v) is 7.34. The second-order valence-electron chi connectivity index (χ2n) is 3.94. The molecule has 6 heteroatoms. The summed E-state index contributed by atoms with van der Waals surface area (Å²) in [6.45, 7) is 1.84. The molecule has 0 bridgehead atoms. The summed E-state index contributed by atoms with van der Waals surface area (Å²) in [7, 11) is -3.09. The van der Waals surface area contributed by atoms with Crippen LogP contribution in [-0.2, 0) is 9.84 Å². The summed E-state index contributed by atoms with van der Waals surface area (Å²) in [5, 5.41) is 3.76. The van der Waals surface area contributed by atoms with Gasteiger partial charge in [0.1, 0.15) is 0 Å². The Bertz CT molecular complexity index is 356. The average molecular weight is 246 g/mol. The van der Waals surface area contributed by atoms with E-state index in [0.717, 1.165) is 37.6 Å². The number of rotatable bonds is 3. The molecule has 1 heterocycles. The fourth-order valence-corrected chi connectivity index (χ4v) is 2.02. The van der Waals surface area contributed by atoms with Crippen LogP contribution in [0.25, 0.3) is 0 Å². The van der Waals surface area contributed by atoms with Crippen molar-refractivity contribution in [3.05, 3.63) is 11.5 Å². The van der Waals surface area contributed by atoms with E-state index in [4.69, 9.17) is 0 Å². The maximum Gasteiger partial charge on any atom is 0.317 e. The zero-order valence-corrected chi connectivity index (χ0v) is 10.3. The average Bonchev–Trinajstić information content (AvgIpc) is 2.24. The number of piperidine rings is 1. The second kappa shape index (κ2) is 5.89. The predicted octanol–water partition coefficient (Wildman–Crippen LogP) is 0.740. The summed E-state index contributed by atoms with van der Waals surface area (Å²) in [6, 6.07) is -0.113. The lowest BCUT2D eigenvalue weighted by Crippen LogP contribution is -2.42. The Hall–Kier alpha value is -1.04. The Balaban J connectivity index is 2.27. The standard InChI is InChI=1S/C10H18N2O3S/c1-16(14,15)9-5-6-11-10(13)12-7-3-2-4-8-12/h5,9H,2-4,6-8H2,1H3,(H,11,13)/b9-5+. The van der Waals surface area contributed by atoms with Crippen molar-refractivity contribution in [3.63, 3.8) is 0 Å². The van der Waals surface area contributed by atoms with Crippen LogP contribution in [0.3, 0.4) is 0 Å². The minimum absolute atomic E-state index is 0.113. The Morgan fingerprint density at radius 2 is 1.94 bits per heavy atom. The van der Waals surface area contributed by atoms with Crippen LogP contribution >= 0.6 is 0 Å². The minimum Gasteiger partial charge on any atom is -0.334 e. The number of sulfone groups is 1. The van der Waals surface area contributed by atoms with Crippen molar-refractivity contribution in [3.8, 4) is 0 Å². The Labute approximate surface area is 96.4 Å². The maximum atomic E-state index is 11.6. The molecule has 16 heavy (non-hydrogen) atoms. The second-order valence-corrected chi connectivity index (χ2v) is 5.87. The van der Waals surface area contributed by atoms with Gasteiger partial charge in [-0.25, -0.2) is 13.2 Å². The molecule has 0 saturated carbocycles. The van der Waals surface area contributed by atoms with Gasteiger partial charge in [0.25, 0.3) is 0 Å². The molecule has 1 N–H and O–H groups in total. The summed E-state index contributed by atoms with van der Waals surface area (Å²) in [5.41, 5.74) is 0. The summed E-state index contributed by atoms with van der Waals surface area (Å²) in [5.74, 6) is 0. The molecule has 92 valence electrons. The molecule has 0 atom stereocenters. The van der Waals surface area contributed by atoms with Crippen molar-refractivity contribution >= 4 is 15.9 Å². The highest BCUT2D eigenvalue weighted by Gasteiger charge is 2.14. The molecule has 1 saturated heterocycles. The molecular weight excluding hydrogens is 228 g/mol. The van der Waals surface area contributed by atoms with Crippen LogP contribution in [0.15, 0.2) is 11.5 Å². The largest absolute Gasteiger partial charge is 0.334 e. The maximum absolute atomic E-state index is 11.6. The fourth-order valence-electron chi connectivity index (χ4n) is 1.58. The number of nitrogens with one attached hydrogen (secondary N) is 1. The molecular formula is C10H18N2O3S. The minimum atomic E-state index is -3.09. The Morgan fingerprint density at radius 3 is 2.50 bits per heavy atom. The van der Waals surface area contributed by atoms with Gasteiger partial charge in [0.2, 0.25) is 0 Å². The van der Waals surface area contributed by atoms with Crippen molar-refractivity contribution < 1.29 is 13.2 Å². The van der Waals surface area contributed by atoms with Gasteiger partial charge in [0.05, 0.1) is 0 Å². The molecule has 0 aromatic heterocycles. The van der Waals surface area contributed by atoms with E-state index in [2.05, 4.69) is 5.32 Å². The third kappa shape index (κ3) is 5.16. The first kappa shape index (κ1) is 13.0. The zero-order chi connectivity index (χ0) is 12.0. The van der Waals surface area contributed by atoms with Gasteiger partial charge in [-0.3, -0.25) is 0 Å². The lowest BCUT2D eigenvalue weighted by atomic mass is 10.1. The highest BCUT2D eigenvalue weighted by Crippen LogP contribution is 2.08. The Morgan fingerprint density at radius 1 is 1.31 bits per heavy atom. The third-order valence-corrected chi connectivity index (χ3v) is 3.04. The molecule has 0 aromatic rings. The monoisotopic (exact) mass is 246 g/mol. The topological polar surface area (TPSA) is 66.5 Å². The highest BCUT2D eigenvalue weighted by molar-refractivity contribution is 7.93. The van der Waals surface area contributed by atoms with E-state index >= 15 is 0 Å². The van der Waals surface area contributed by atoms with Crippen molar-refractivity contribution in [2.45, 2.75) is 19.3 Å². The third-order valence-electron chi connectivity index (χ3n) is 2.36. The molecule has 1 rings (SSSR count). The van der Waals surface area contributed by atoms with Crippen molar-refractivity contribution in [2.24, 2.45) is 0 Å². The molecule has 0 aliphatic carbocycles. The molecule has 1 aliphatic rings. The summed E-state index contributed by atoms with van der Waals surface area (Å²) < 4.78 is 21.5. The summed E-state index contributed by atoms with van der Waals surface area (Å²) in [6.07, 6.45) is 5.84. The molecule has 0 aromatic carbocycles. The number of amides is 2. The van der Waals surface area contributed by atoms with Gasteiger partial charge in [-0.1, -0.05) is 6.08 Å². The van der Waals surface area contributed by atoms with E-state index in [1.54, 1.807) is 4.90 Å². The van der Waals surface area contributed by atoms with Gasteiger partial charge in [-0.2, -0.15) is 0 Å². The normalized spacial score (nSPS) is 17.7. The summed E-state index contributed by atoms with van der Waals surface area (Å²) in [4.78, 5) is 13.3. The number of carbonyl (C=O) groups excluding carboxylic acids is 1. The van der Waals surface area contributed by atoms with Gasteiger partial charge in [-0.05, 0) is 19.3 Å². The molecule has 2 amide bonds. The first-order valence-electron chi connectivity index (χ1n) is 5.38. The number of hydrogen-bond acceptors (Lipinski definition) is 3. The van der Waals surface area contributed by atoms with Crippen molar-refractivity contribution in [1.29, 1.82) is 0 Å². The number of carbonyl (C=O) groups is 1.